The predicted molar refractivity (Wildman–Crippen MR) is 86.0 cm³/mol. The largest absolute Gasteiger partial charge is 0.349 e. The average Bonchev–Trinajstić information content (AvgIpc) is 2.97. The fourth-order valence-electron chi connectivity index (χ4n) is 2.39. The number of hydrogen-bond acceptors (Lipinski definition) is 3. The van der Waals surface area contributed by atoms with Crippen molar-refractivity contribution < 1.29 is 9.18 Å². The zero-order valence-corrected chi connectivity index (χ0v) is 13.8. The molecule has 1 atom stereocenters. The Balaban J connectivity index is 2.01. The maximum Gasteiger partial charge on any atom is 0.222 e. The lowest BCUT2D eigenvalue weighted by molar-refractivity contribution is -0.122. The number of aryl methyl sites for hydroxylation is 1. The molecule has 6 heteroatoms. The van der Waals surface area contributed by atoms with Crippen molar-refractivity contribution in [2.75, 3.05) is 0 Å². The van der Waals surface area contributed by atoms with Crippen LogP contribution >= 0.6 is 0 Å². The third kappa shape index (κ3) is 5.81. The van der Waals surface area contributed by atoms with Crippen LogP contribution in [0.5, 0.6) is 0 Å². The first-order chi connectivity index (χ1) is 10.8. The Bertz CT molecular complexity index is 617. The van der Waals surface area contributed by atoms with E-state index >= 15 is 0 Å². The SMILES string of the molecule is CC(C)(C)C[C@@H](NC(=O)CCn1cncn1)c1ccc(F)cc1. The maximum atomic E-state index is 13.1. The lowest BCUT2D eigenvalue weighted by Gasteiger charge is -2.27. The van der Waals surface area contributed by atoms with E-state index in [-0.39, 0.29) is 23.2 Å². The van der Waals surface area contributed by atoms with Crippen LogP contribution in [0.2, 0.25) is 0 Å². The Morgan fingerprint density at radius 3 is 2.57 bits per heavy atom. The molecule has 0 fully saturated rings. The molecule has 0 aliphatic carbocycles. The van der Waals surface area contributed by atoms with Crippen molar-refractivity contribution in [3.8, 4) is 0 Å². The molecule has 0 unspecified atom stereocenters. The molecule has 0 saturated heterocycles. The van der Waals surface area contributed by atoms with Crippen molar-refractivity contribution in [2.24, 2.45) is 5.41 Å². The lowest BCUT2D eigenvalue weighted by Crippen LogP contribution is -2.31. The highest BCUT2D eigenvalue weighted by Gasteiger charge is 2.22. The Morgan fingerprint density at radius 1 is 1.30 bits per heavy atom. The summed E-state index contributed by atoms with van der Waals surface area (Å²) in [4.78, 5) is 16.1. The van der Waals surface area contributed by atoms with Gasteiger partial charge in [-0.3, -0.25) is 9.48 Å². The van der Waals surface area contributed by atoms with Crippen LogP contribution in [-0.2, 0) is 11.3 Å². The minimum Gasteiger partial charge on any atom is -0.349 e. The standard InChI is InChI=1S/C17H23FN4O/c1-17(2,3)10-15(13-4-6-14(18)7-5-13)21-16(23)8-9-22-12-19-11-20-22/h4-7,11-12,15H,8-10H2,1-3H3,(H,21,23)/t15-/m1/s1. The molecular weight excluding hydrogens is 295 g/mol. The van der Waals surface area contributed by atoms with Gasteiger partial charge in [-0.2, -0.15) is 5.10 Å². The van der Waals surface area contributed by atoms with E-state index in [4.69, 9.17) is 0 Å². The van der Waals surface area contributed by atoms with E-state index in [1.165, 1.54) is 18.5 Å². The van der Waals surface area contributed by atoms with Crippen molar-refractivity contribution in [2.45, 2.75) is 46.2 Å². The number of carbonyl (C=O) groups is 1. The molecule has 1 N–H and O–H groups in total. The van der Waals surface area contributed by atoms with Crippen LogP contribution < -0.4 is 5.32 Å². The molecule has 23 heavy (non-hydrogen) atoms. The van der Waals surface area contributed by atoms with E-state index in [0.717, 1.165) is 12.0 Å². The second-order valence-corrected chi connectivity index (χ2v) is 6.84. The number of nitrogens with one attached hydrogen (secondary N) is 1. The van der Waals surface area contributed by atoms with Gasteiger partial charge in [0.1, 0.15) is 18.5 Å². The van der Waals surface area contributed by atoms with Gasteiger partial charge in [-0.15, -0.1) is 0 Å². The summed E-state index contributed by atoms with van der Waals surface area (Å²) >= 11 is 0. The first-order valence-electron chi connectivity index (χ1n) is 7.71. The van der Waals surface area contributed by atoms with Gasteiger partial charge in [0.15, 0.2) is 0 Å². The van der Waals surface area contributed by atoms with Gasteiger partial charge in [-0.05, 0) is 29.5 Å². The predicted octanol–water partition coefficient (Wildman–Crippen LogP) is 3.10. The molecule has 1 heterocycles. The first kappa shape index (κ1) is 17.1. The summed E-state index contributed by atoms with van der Waals surface area (Å²) in [5.74, 6) is -0.333. The van der Waals surface area contributed by atoms with Crippen LogP contribution in [0.1, 0.15) is 45.2 Å². The summed E-state index contributed by atoms with van der Waals surface area (Å²) in [7, 11) is 0. The fourth-order valence-corrected chi connectivity index (χ4v) is 2.39. The van der Waals surface area contributed by atoms with Crippen molar-refractivity contribution >= 4 is 5.91 Å². The van der Waals surface area contributed by atoms with Gasteiger partial charge in [-0.1, -0.05) is 32.9 Å². The van der Waals surface area contributed by atoms with E-state index in [1.54, 1.807) is 23.1 Å². The molecular formula is C17H23FN4O. The van der Waals surface area contributed by atoms with E-state index in [9.17, 15) is 9.18 Å². The van der Waals surface area contributed by atoms with E-state index in [2.05, 4.69) is 36.2 Å². The van der Waals surface area contributed by atoms with Gasteiger partial charge >= 0.3 is 0 Å². The minimum absolute atomic E-state index is 0.0399. The van der Waals surface area contributed by atoms with Crippen LogP contribution in [0.15, 0.2) is 36.9 Å². The Morgan fingerprint density at radius 2 is 2.00 bits per heavy atom. The molecule has 0 bridgehead atoms. The second-order valence-electron chi connectivity index (χ2n) is 6.84. The van der Waals surface area contributed by atoms with Gasteiger partial charge in [-0.25, -0.2) is 9.37 Å². The molecule has 0 saturated carbocycles. The quantitative estimate of drug-likeness (QED) is 0.890. The van der Waals surface area contributed by atoms with Gasteiger partial charge < -0.3 is 5.32 Å². The molecule has 1 aromatic heterocycles. The molecule has 0 aliphatic rings. The number of nitrogens with zero attached hydrogens (tertiary/aromatic N) is 3. The van der Waals surface area contributed by atoms with Crippen molar-refractivity contribution in [3.63, 3.8) is 0 Å². The number of carbonyl (C=O) groups excluding carboxylic acids is 1. The maximum absolute atomic E-state index is 13.1. The molecule has 1 amide bonds. The molecule has 124 valence electrons. The van der Waals surface area contributed by atoms with Crippen LogP contribution in [-0.4, -0.2) is 20.7 Å². The third-order valence-corrected chi connectivity index (χ3v) is 3.46. The van der Waals surface area contributed by atoms with Crippen LogP contribution in [0.4, 0.5) is 4.39 Å². The average molecular weight is 318 g/mol. The van der Waals surface area contributed by atoms with Gasteiger partial charge in [0.05, 0.1) is 12.6 Å². The summed E-state index contributed by atoms with van der Waals surface area (Å²) in [6.45, 7) is 6.83. The summed E-state index contributed by atoms with van der Waals surface area (Å²) in [5.41, 5.74) is 0.952. The number of halogens is 1. The monoisotopic (exact) mass is 318 g/mol. The lowest BCUT2D eigenvalue weighted by atomic mass is 9.85. The Hall–Kier alpha value is -2.24. The third-order valence-electron chi connectivity index (χ3n) is 3.46. The molecule has 0 aliphatic heterocycles. The Labute approximate surface area is 135 Å². The molecule has 2 aromatic rings. The zero-order chi connectivity index (χ0) is 16.9. The number of benzene rings is 1. The highest BCUT2D eigenvalue weighted by molar-refractivity contribution is 5.76. The fraction of sp³-hybridized carbons (Fsp3) is 0.471. The smallest absolute Gasteiger partial charge is 0.222 e. The van der Waals surface area contributed by atoms with Crippen molar-refractivity contribution in [1.29, 1.82) is 0 Å². The van der Waals surface area contributed by atoms with Gasteiger partial charge in [0.25, 0.3) is 0 Å². The number of aromatic nitrogens is 3. The summed E-state index contributed by atoms with van der Waals surface area (Å²) in [6.07, 6.45) is 4.12. The minimum atomic E-state index is -0.277. The molecule has 5 nitrogen and oxygen atoms in total. The summed E-state index contributed by atoms with van der Waals surface area (Å²) < 4.78 is 14.7. The van der Waals surface area contributed by atoms with Crippen LogP contribution in [0.25, 0.3) is 0 Å². The van der Waals surface area contributed by atoms with E-state index in [1.807, 2.05) is 0 Å². The number of hydrogen-bond donors (Lipinski definition) is 1. The van der Waals surface area contributed by atoms with Gasteiger partial charge in [0, 0.05) is 6.42 Å². The molecule has 0 radical (unpaired) electrons. The summed E-state index contributed by atoms with van der Waals surface area (Å²) in [5, 5.41) is 7.03. The van der Waals surface area contributed by atoms with Crippen molar-refractivity contribution in [3.05, 3.63) is 48.3 Å². The number of amides is 1. The van der Waals surface area contributed by atoms with E-state index < -0.39 is 0 Å². The van der Waals surface area contributed by atoms with E-state index in [0.29, 0.717) is 13.0 Å². The number of rotatable bonds is 6. The highest BCUT2D eigenvalue weighted by Crippen LogP contribution is 2.29. The topological polar surface area (TPSA) is 59.8 Å². The molecule has 0 spiro atoms. The Kier molecular flexibility index (Phi) is 5.47. The molecule has 1 aromatic carbocycles. The van der Waals surface area contributed by atoms with Crippen LogP contribution in [0, 0.1) is 11.2 Å². The summed E-state index contributed by atoms with van der Waals surface area (Å²) in [6, 6.07) is 6.16. The zero-order valence-electron chi connectivity index (χ0n) is 13.8. The normalized spacial score (nSPS) is 12.9. The van der Waals surface area contributed by atoms with Gasteiger partial charge in [0.2, 0.25) is 5.91 Å². The van der Waals surface area contributed by atoms with Crippen LogP contribution in [0.3, 0.4) is 0 Å². The first-order valence-corrected chi connectivity index (χ1v) is 7.71. The highest BCUT2D eigenvalue weighted by atomic mass is 19.1. The molecule has 2 rings (SSSR count). The van der Waals surface area contributed by atoms with Crippen molar-refractivity contribution in [1.82, 2.24) is 20.1 Å². The second kappa shape index (κ2) is 7.35.